The molecule has 10 heteroatoms. The predicted octanol–water partition coefficient (Wildman–Crippen LogP) is 3.76. The third-order valence-corrected chi connectivity index (χ3v) is 7.71. The van der Waals surface area contributed by atoms with E-state index in [-0.39, 0.29) is 29.8 Å². The number of anilines is 1. The summed E-state index contributed by atoms with van der Waals surface area (Å²) in [6.07, 6.45) is 2.57. The Morgan fingerprint density at radius 2 is 1.84 bits per heavy atom. The van der Waals surface area contributed by atoms with Gasteiger partial charge in [-0.25, -0.2) is 12.8 Å². The van der Waals surface area contributed by atoms with Gasteiger partial charge < -0.3 is 5.32 Å². The number of nitrogens with one attached hydrogen (secondary N) is 1. The fourth-order valence-corrected chi connectivity index (χ4v) is 5.39. The topological polar surface area (TPSA) is 84.3 Å². The van der Waals surface area contributed by atoms with Gasteiger partial charge in [-0.2, -0.15) is 9.40 Å². The number of sulfonamides is 1. The van der Waals surface area contributed by atoms with Crippen molar-refractivity contribution < 1.29 is 17.6 Å². The smallest absolute Gasteiger partial charge is 0.243 e. The number of carbonyl (C=O) groups excluding carboxylic acids is 1. The summed E-state index contributed by atoms with van der Waals surface area (Å²) < 4.78 is 41.7. The zero-order chi connectivity index (χ0) is 22.7. The summed E-state index contributed by atoms with van der Waals surface area (Å²) in [4.78, 5) is 12.9. The number of carbonyl (C=O) groups is 1. The first-order chi connectivity index (χ1) is 15.3. The Hall–Kier alpha value is -2.75. The summed E-state index contributed by atoms with van der Waals surface area (Å²) >= 11 is 6.06. The molecule has 7 nitrogen and oxygen atoms in total. The maximum Gasteiger partial charge on any atom is 0.243 e. The molecule has 1 saturated heterocycles. The van der Waals surface area contributed by atoms with E-state index >= 15 is 0 Å². The fraction of sp³-hybridized carbons (Fsp3) is 0.273. The van der Waals surface area contributed by atoms with E-state index in [1.165, 1.54) is 16.4 Å². The number of halogens is 2. The number of rotatable bonds is 6. The Morgan fingerprint density at radius 1 is 1.12 bits per heavy atom. The highest BCUT2D eigenvalue weighted by atomic mass is 35.5. The van der Waals surface area contributed by atoms with Crippen molar-refractivity contribution in [1.82, 2.24) is 14.1 Å². The van der Waals surface area contributed by atoms with Crippen LogP contribution in [0.1, 0.15) is 18.4 Å². The van der Waals surface area contributed by atoms with Gasteiger partial charge in [0.05, 0.1) is 11.4 Å². The minimum atomic E-state index is -3.55. The van der Waals surface area contributed by atoms with Crippen molar-refractivity contribution in [3.05, 3.63) is 77.2 Å². The summed E-state index contributed by atoms with van der Waals surface area (Å²) in [5.74, 6) is -0.497. The summed E-state index contributed by atoms with van der Waals surface area (Å²) in [7, 11) is -3.55. The van der Waals surface area contributed by atoms with Crippen molar-refractivity contribution in [2.75, 3.05) is 18.4 Å². The molecule has 168 valence electrons. The molecule has 2 aromatic carbocycles. The summed E-state index contributed by atoms with van der Waals surface area (Å²) in [6, 6.07) is 14.1. The van der Waals surface area contributed by atoms with Gasteiger partial charge in [0.15, 0.2) is 5.82 Å². The minimum Gasteiger partial charge on any atom is -0.309 e. The number of hydrogen-bond donors (Lipinski definition) is 1. The first kappa shape index (κ1) is 22.4. The van der Waals surface area contributed by atoms with E-state index in [9.17, 15) is 17.6 Å². The van der Waals surface area contributed by atoms with Crippen LogP contribution in [0.3, 0.4) is 0 Å². The molecule has 1 amide bonds. The van der Waals surface area contributed by atoms with Gasteiger partial charge in [0.25, 0.3) is 0 Å². The van der Waals surface area contributed by atoms with Crippen LogP contribution in [-0.2, 0) is 21.4 Å². The van der Waals surface area contributed by atoms with Gasteiger partial charge in [0.1, 0.15) is 5.82 Å². The van der Waals surface area contributed by atoms with Crippen LogP contribution in [0.5, 0.6) is 0 Å². The molecule has 1 aliphatic heterocycles. The van der Waals surface area contributed by atoms with Crippen LogP contribution in [-0.4, -0.2) is 41.5 Å². The zero-order valence-electron chi connectivity index (χ0n) is 17.1. The molecular formula is C22H22ClFN4O3S. The lowest BCUT2D eigenvalue weighted by Crippen LogP contribution is -2.41. The van der Waals surface area contributed by atoms with Gasteiger partial charge >= 0.3 is 0 Å². The Morgan fingerprint density at radius 3 is 2.53 bits per heavy atom. The molecule has 0 bridgehead atoms. The van der Waals surface area contributed by atoms with Crippen molar-refractivity contribution in [3.8, 4) is 0 Å². The molecule has 3 aromatic rings. The fourth-order valence-electron chi connectivity index (χ4n) is 3.67. The minimum absolute atomic E-state index is 0.188. The SMILES string of the molecule is O=C(Nc1ccn(Cc2ccc(F)cc2Cl)n1)C1CCN(S(=O)(=O)c2ccccc2)CC1. The van der Waals surface area contributed by atoms with E-state index in [4.69, 9.17) is 11.6 Å². The third-order valence-electron chi connectivity index (χ3n) is 5.45. The van der Waals surface area contributed by atoms with Crippen LogP contribution < -0.4 is 5.32 Å². The number of nitrogens with zero attached hydrogens (tertiary/aromatic N) is 3. The second-order valence-corrected chi connectivity index (χ2v) is 9.96. The lowest BCUT2D eigenvalue weighted by Gasteiger charge is -2.30. The first-order valence-electron chi connectivity index (χ1n) is 10.2. The van der Waals surface area contributed by atoms with Gasteiger partial charge in [-0.15, -0.1) is 0 Å². The molecule has 1 aliphatic rings. The maximum atomic E-state index is 13.2. The van der Waals surface area contributed by atoms with Gasteiger partial charge in [-0.3, -0.25) is 9.48 Å². The number of aromatic nitrogens is 2. The Kier molecular flexibility index (Phi) is 6.59. The molecule has 0 aliphatic carbocycles. The van der Waals surface area contributed by atoms with E-state index in [1.54, 1.807) is 53.3 Å². The molecule has 32 heavy (non-hydrogen) atoms. The van der Waals surface area contributed by atoms with E-state index < -0.39 is 15.8 Å². The predicted molar refractivity (Wildman–Crippen MR) is 119 cm³/mol. The normalized spacial score (nSPS) is 15.6. The van der Waals surface area contributed by atoms with Crippen LogP contribution in [0.4, 0.5) is 10.2 Å². The molecular weight excluding hydrogens is 455 g/mol. The monoisotopic (exact) mass is 476 g/mol. The molecule has 2 heterocycles. The second kappa shape index (κ2) is 9.40. The molecule has 0 saturated carbocycles. The van der Waals surface area contributed by atoms with Crippen LogP contribution in [0.15, 0.2) is 65.7 Å². The lowest BCUT2D eigenvalue weighted by atomic mass is 9.97. The van der Waals surface area contributed by atoms with E-state index in [2.05, 4.69) is 10.4 Å². The van der Waals surface area contributed by atoms with E-state index in [1.807, 2.05) is 0 Å². The van der Waals surface area contributed by atoms with Crippen molar-refractivity contribution in [2.45, 2.75) is 24.3 Å². The largest absolute Gasteiger partial charge is 0.309 e. The molecule has 4 rings (SSSR count). The van der Waals surface area contributed by atoms with Crippen molar-refractivity contribution in [1.29, 1.82) is 0 Å². The standard InChI is InChI=1S/C22H22ClFN4O3S/c23-20-14-18(24)7-6-17(20)15-27-11-10-21(26-27)25-22(29)16-8-12-28(13-9-16)32(30,31)19-4-2-1-3-5-19/h1-7,10-11,14,16H,8-9,12-13,15H2,(H,25,26,29). The molecule has 0 atom stereocenters. The molecule has 0 spiro atoms. The highest BCUT2D eigenvalue weighted by Gasteiger charge is 2.32. The molecule has 1 aromatic heterocycles. The summed E-state index contributed by atoms with van der Waals surface area (Å²) in [5.41, 5.74) is 0.709. The van der Waals surface area contributed by atoms with Gasteiger partial charge in [0, 0.05) is 36.3 Å². The third kappa shape index (κ3) is 5.01. The summed E-state index contributed by atoms with van der Waals surface area (Å²) in [6.45, 7) is 0.907. The van der Waals surface area contributed by atoms with Crippen LogP contribution >= 0.6 is 11.6 Å². The number of hydrogen-bond acceptors (Lipinski definition) is 4. The molecule has 1 N–H and O–H groups in total. The molecule has 0 unspecified atom stereocenters. The maximum absolute atomic E-state index is 13.2. The van der Waals surface area contributed by atoms with Crippen LogP contribution in [0, 0.1) is 11.7 Å². The Labute approximate surface area is 190 Å². The average molecular weight is 477 g/mol. The number of benzene rings is 2. The summed E-state index contributed by atoms with van der Waals surface area (Å²) in [5, 5.41) is 7.43. The van der Waals surface area contributed by atoms with Crippen molar-refractivity contribution >= 4 is 33.3 Å². The van der Waals surface area contributed by atoms with E-state index in [0.29, 0.717) is 35.8 Å². The zero-order valence-corrected chi connectivity index (χ0v) is 18.7. The van der Waals surface area contributed by atoms with Crippen molar-refractivity contribution in [3.63, 3.8) is 0 Å². The number of amides is 1. The Balaban J connectivity index is 1.33. The lowest BCUT2D eigenvalue weighted by molar-refractivity contribution is -0.120. The number of piperidine rings is 1. The highest BCUT2D eigenvalue weighted by Crippen LogP contribution is 2.25. The van der Waals surface area contributed by atoms with E-state index in [0.717, 1.165) is 0 Å². The quantitative estimate of drug-likeness (QED) is 0.587. The first-order valence-corrected chi connectivity index (χ1v) is 12.0. The second-order valence-electron chi connectivity index (χ2n) is 7.61. The molecule has 0 radical (unpaired) electrons. The van der Waals surface area contributed by atoms with Gasteiger partial charge in [-0.05, 0) is 42.7 Å². The van der Waals surface area contributed by atoms with Crippen molar-refractivity contribution in [2.24, 2.45) is 5.92 Å². The molecule has 1 fully saturated rings. The van der Waals surface area contributed by atoms with Gasteiger partial charge in [-0.1, -0.05) is 35.9 Å². The van der Waals surface area contributed by atoms with Crippen LogP contribution in [0.25, 0.3) is 0 Å². The van der Waals surface area contributed by atoms with Crippen LogP contribution in [0.2, 0.25) is 5.02 Å². The Bertz CT molecular complexity index is 1210. The highest BCUT2D eigenvalue weighted by molar-refractivity contribution is 7.89. The average Bonchev–Trinajstić information content (AvgIpc) is 3.23. The van der Waals surface area contributed by atoms with Gasteiger partial charge in [0.2, 0.25) is 15.9 Å².